The normalized spacial score (nSPS) is 14.1. The lowest BCUT2D eigenvalue weighted by Gasteiger charge is -2.34. The first kappa shape index (κ1) is 29.7. The fourth-order valence-electron chi connectivity index (χ4n) is 5.62. The summed E-state index contributed by atoms with van der Waals surface area (Å²) in [5.41, 5.74) is 2.38. The molecule has 11 heteroatoms. The van der Waals surface area contributed by atoms with E-state index in [1.165, 1.54) is 23.8 Å². The van der Waals surface area contributed by atoms with Crippen LogP contribution < -0.4 is 29.2 Å². The molecule has 1 aliphatic carbocycles. The number of nitrogens with zero attached hydrogens (tertiary/aromatic N) is 4. The average molecular weight is 588 g/mol. The van der Waals surface area contributed by atoms with Crippen LogP contribution in [0.15, 0.2) is 60.7 Å². The standard InChI is InChI=1S/C32H37N5O6/c1-40-26-16-14-21(18-28(26)42-3)31(32(39)33-22-10-6-5-7-11-22)37(23-15-17-27(41-2)29(19-23)43-4)30(38)20-36-25-13-9-8-12-24(25)34-35-36/h8-9,12-19,22,31H,5-7,10-11,20H2,1-4H3,(H,33,39)/t31-/m0/s1. The van der Waals surface area contributed by atoms with Crippen LogP contribution in [0.1, 0.15) is 43.7 Å². The predicted molar refractivity (Wildman–Crippen MR) is 162 cm³/mol. The number of benzene rings is 3. The molecular formula is C32H37N5O6. The lowest BCUT2D eigenvalue weighted by atomic mass is 9.94. The molecule has 5 rings (SSSR count). The highest BCUT2D eigenvalue weighted by Crippen LogP contribution is 2.38. The molecule has 2 amide bonds. The van der Waals surface area contributed by atoms with Crippen molar-refractivity contribution in [1.29, 1.82) is 0 Å². The molecule has 1 N–H and O–H groups in total. The fourth-order valence-corrected chi connectivity index (χ4v) is 5.62. The van der Waals surface area contributed by atoms with Crippen LogP contribution in [-0.2, 0) is 16.1 Å². The maximum atomic E-state index is 14.4. The number of aromatic nitrogens is 3. The van der Waals surface area contributed by atoms with Crippen molar-refractivity contribution in [3.63, 3.8) is 0 Å². The Labute approximate surface area is 250 Å². The van der Waals surface area contributed by atoms with E-state index in [1.807, 2.05) is 24.3 Å². The van der Waals surface area contributed by atoms with E-state index in [0.29, 0.717) is 45.3 Å². The SMILES string of the molecule is COc1ccc([C@@H](C(=O)NC2CCCCC2)N(C(=O)Cn2nnc3ccccc32)c2ccc(OC)c(OC)c2)cc1OC. The number of ether oxygens (including phenoxy) is 4. The van der Waals surface area contributed by atoms with Crippen LogP contribution in [-0.4, -0.2) is 61.3 Å². The zero-order valence-corrected chi connectivity index (χ0v) is 24.9. The quantitative estimate of drug-likeness (QED) is 0.269. The van der Waals surface area contributed by atoms with E-state index < -0.39 is 6.04 Å². The summed E-state index contributed by atoms with van der Waals surface area (Å²) < 4.78 is 23.6. The van der Waals surface area contributed by atoms with E-state index in [1.54, 1.807) is 50.6 Å². The number of carbonyl (C=O) groups is 2. The molecule has 11 nitrogen and oxygen atoms in total. The predicted octanol–water partition coefficient (Wildman–Crippen LogP) is 4.69. The number of fused-ring (bicyclic) bond motifs is 1. The summed E-state index contributed by atoms with van der Waals surface area (Å²) in [4.78, 5) is 30.2. The van der Waals surface area contributed by atoms with Gasteiger partial charge in [-0.25, -0.2) is 4.68 Å². The van der Waals surface area contributed by atoms with Crippen LogP contribution in [0.25, 0.3) is 11.0 Å². The summed E-state index contributed by atoms with van der Waals surface area (Å²) >= 11 is 0. The monoisotopic (exact) mass is 587 g/mol. The van der Waals surface area contributed by atoms with Crippen molar-refractivity contribution >= 4 is 28.5 Å². The van der Waals surface area contributed by atoms with Crippen molar-refractivity contribution in [3.05, 3.63) is 66.2 Å². The van der Waals surface area contributed by atoms with Crippen LogP contribution in [0.2, 0.25) is 0 Å². The number of hydrogen-bond acceptors (Lipinski definition) is 8. The molecule has 43 heavy (non-hydrogen) atoms. The van der Waals surface area contributed by atoms with Gasteiger partial charge in [0.05, 0.1) is 34.0 Å². The molecule has 0 unspecified atom stereocenters. The summed E-state index contributed by atoms with van der Waals surface area (Å²) in [7, 11) is 6.15. The summed E-state index contributed by atoms with van der Waals surface area (Å²) in [5, 5.41) is 11.7. The molecule has 0 radical (unpaired) electrons. The minimum Gasteiger partial charge on any atom is -0.493 e. The Kier molecular flexibility index (Phi) is 9.29. The summed E-state index contributed by atoms with van der Waals surface area (Å²) in [6, 6.07) is 16.8. The Morgan fingerprint density at radius 3 is 2.21 bits per heavy atom. The van der Waals surface area contributed by atoms with Gasteiger partial charge in [0.2, 0.25) is 11.8 Å². The third-order valence-corrected chi connectivity index (χ3v) is 7.80. The van der Waals surface area contributed by atoms with Crippen molar-refractivity contribution < 1.29 is 28.5 Å². The Hall–Kier alpha value is -4.80. The minimum absolute atomic E-state index is 0.0190. The Balaban J connectivity index is 1.64. The van der Waals surface area contributed by atoms with Crippen LogP contribution in [0, 0.1) is 0 Å². The van der Waals surface area contributed by atoms with Crippen LogP contribution >= 0.6 is 0 Å². The van der Waals surface area contributed by atoms with Crippen molar-refractivity contribution in [2.75, 3.05) is 33.3 Å². The molecule has 4 aromatic rings. The number of amides is 2. The molecule has 1 aliphatic rings. The number of para-hydroxylation sites is 1. The van der Waals surface area contributed by atoms with Gasteiger partial charge in [-0.1, -0.05) is 42.7 Å². The van der Waals surface area contributed by atoms with Crippen molar-refractivity contribution in [2.24, 2.45) is 0 Å². The number of rotatable bonds is 11. The third-order valence-electron chi connectivity index (χ3n) is 7.80. The van der Waals surface area contributed by atoms with E-state index in [4.69, 9.17) is 18.9 Å². The summed E-state index contributed by atoms with van der Waals surface area (Å²) in [5.74, 6) is 1.19. The molecule has 1 saturated carbocycles. The lowest BCUT2D eigenvalue weighted by molar-refractivity contribution is -0.127. The fraction of sp³-hybridized carbons (Fsp3) is 0.375. The number of carbonyl (C=O) groups excluding carboxylic acids is 2. The Morgan fingerprint density at radius 1 is 0.860 bits per heavy atom. The van der Waals surface area contributed by atoms with Gasteiger partial charge in [0, 0.05) is 17.8 Å². The highest BCUT2D eigenvalue weighted by molar-refractivity contribution is 6.02. The molecule has 1 atom stereocenters. The second-order valence-electron chi connectivity index (χ2n) is 10.4. The van der Waals surface area contributed by atoms with E-state index in [-0.39, 0.29) is 24.4 Å². The number of hydrogen-bond donors (Lipinski definition) is 1. The zero-order valence-electron chi connectivity index (χ0n) is 24.9. The van der Waals surface area contributed by atoms with E-state index >= 15 is 0 Å². The van der Waals surface area contributed by atoms with Gasteiger partial charge in [0.1, 0.15) is 18.1 Å². The Morgan fingerprint density at radius 2 is 1.51 bits per heavy atom. The molecule has 226 valence electrons. The summed E-state index contributed by atoms with van der Waals surface area (Å²) in [6.45, 7) is -0.157. The number of nitrogens with one attached hydrogen (secondary N) is 1. The first-order valence-corrected chi connectivity index (χ1v) is 14.3. The molecule has 1 aromatic heterocycles. The topological polar surface area (TPSA) is 117 Å². The molecular weight excluding hydrogens is 550 g/mol. The lowest BCUT2D eigenvalue weighted by Crippen LogP contribution is -2.48. The van der Waals surface area contributed by atoms with Crippen molar-refractivity contribution in [1.82, 2.24) is 20.3 Å². The van der Waals surface area contributed by atoms with Gasteiger partial charge in [-0.05, 0) is 54.8 Å². The van der Waals surface area contributed by atoms with Gasteiger partial charge in [-0.15, -0.1) is 5.10 Å². The summed E-state index contributed by atoms with van der Waals surface area (Å²) in [6.07, 6.45) is 5.01. The van der Waals surface area contributed by atoms with Crippen molar-refractivity contribution in [3.8, 4) is 23.0 Å². The minimum atomic E-state index is -1.05. The van der Waals surface area contributed by atoms with Crippen LogP contribution in [0.4, 0.5) is 5.69 Å². The maximum absolute atomic E-state index is 14.4. The zero-order chi connectivity index (χ0) is 30.3. The van der Waals surface area contributed by atoms with Gasteiger partial charge >= 0.3 is 0 Å². The Bertz CT molecular complexity index is 1580. The first-order valence-electron chi connectivity index (χ1n) is 14.3. The molecule has 3 aromatic carbocycles. The second-order valence-corrected chi connectivity index (χ2v) is 10.4. The van der Waals surface area contributed by atoms with Crippen molar-refractivity contribution in [2.45, 2.75) is 50.7 Å². The first-order chi connectivity index (χ1) is 21.0. The molecule has 0 bridgehead atoms. The molecule has 0 spiro atoms. The van der Waals surface area contributed by atoms with E-state index in [9.17, 15) is 9.59 Å². The van der Waals surface area contributed by atoms with Crippen LogP contribution in [0.5, 0.6) is 23.0 Å². The molecule has 0 aliphatic heterocycles. The maximum Gasteiger partial charge on any atom is 0.249 e. The molecule has 1 fully saturated rings. The average Bonchev–Trinajstić information content (AvgIpc) is 3.45. The van der Waals surface area contributed by atoms with Gasteiger partial charge in [-0.3, -0.25) is 14.5 Å². The van der Waals surface area contributed by atoms with Crippen LogP contribution in [0.3, 0.4) is 0 Å². The van der Waals surface area contributed by atoms with E-state index in [2.05, 4.69) is 15.6 Å². The highest BCUT2D eigenvalue weighted by Gasteiger charge is 2.35. The van der Waals surface area contributed by atoms with E-state index in [0.717, 1.165) is 32.1 Å². The number of anilines is 1. The number of methoxy groups -OCH3 is 4. The largest absolute Gasteiger partial charge is 0.493 e. The molecule has 1 heterocycles. The van der Waals surface area contributed by atoms with Gasteiger partial charge in [0.15, 0.2) is 23.0 Å². The van der Waals surface area contributed by atoms with Gasteiger partial charge in [-0.2, -0.15) is 0 Å². The second kappa shape index (κ2) is 13.5. The van der Waals surface area contributed by atoms with Gasteiger partial charge < -0.3 is 24.3 Å². The van der Waals surface area contributed by atoms with Gasteiger partial charge in [0.25, 0.3) is 0 Å². The third kappa shape index (κ3) is 6.35. The highest BCUT2D eigenvalue weighted by atomic mass is 16.5. The molecule has 0 saturated heterocycles. The smallest absolute Gasteiger partial charge is 0.249 e.